The highest BCUT2D eigenvalue weighted by molar-refractivity contribution is 7.92. The van der Waals surface area contributed by atoms with Crippen LogP contribution >= 0.6 is 0 Å². The number of allylic oxidation sites excluding steroid dienone is 4. The minimum atomic E-state index is -3.79. The van der Waals surface area contributed by atoms with Crippen molar-refractivity contribution in [1.29, 1.82) is 0 Å². The maximum Gasteiger partial charge on any atom is 0.242 e. The van der Waals surface area contributed by atoms with E-state index in [0.29, 0.717) is 17.0 Å². The van der Waals surface area contributed by atoms with Gasteiger partial charge >= 0.3 is 0 Å². The Labute approximate surface area is 185 Å². The van der Waals surface area contributed by atoms with E-state index in [1.165, 1.54) is 32.3 Å². The van der Waals surface area contributed by atoms with E-state index in [9.17, 15) is 21.2 Å². The van der Waals surface area contributed by atoms with Crippen LogP contribution in [-0.2, 0) is 20.0 Å². The molecule has 1 aliphatic rings. The van der Waals surface area contributed by atoms with Gasteiger partial charge < -0.3 is 10.6 Å². The summed E-state index contributed by atoms with van der Waals surface area (Å²) in [5, 5.41) is 11.6. The molecule has 0 saturated heterocycles. The van der Waals surface area contributed by atoms with Gasteiger partial charge in [-0.1, -0.05) is 18.2 Å². The first-order valence-electron chi connectivity index (χ1n) is 9.14. The van der Waals surface area contributed by atoms with Gasteiger partial charge in [-0.3, -0.25) is 0 Å². The molecule has 0 radical (unpaired) electrons. The molecule has 0 amide bonds. The monoisotopic (exact) mass is 480 g/mol. The number of rotatable bonds is 7. The first-order chi connectivity index (χ1) is 14.9. The molecule has 0 atom stereocenters. The lowest BCUT2D eigenvalue weighted by Gasteiger charge is -2.15. The van der Waals surface area contributed by atoms with E-state index in [1.807, 2.05) is 0 Å². The molecule has 1 aromatic carbocycles. The van der Waals surface area contributed by atoms with Crippen molar-refractivity contribution in [2.24, 2.45) is 5.14 Å². The molecule has 3 rings (SSSR count). The first-order valence-corrected chi connectivity index (χ1v) is 12.2. The number of primary sulfonamides is 1. The van der Waals surface area contributed by atoms with E-state index in [-0.39, 0.29) is 23.1 Å². The number of benzene rings is 1. The summed E-state index contributed by atoms with van der Waals surface area (Å²) in [5.74, 6) is -0.861. The molecule has 10 nitrogen and oxygen atoms in total. The van der Waals surface area contributed by atoms with Gasteiger partial charge in [-0.05, 0) is 29.8 Å². The van der Waals surface area contributed by atoms with Crippen molar-refractivity contribution in [2.45, 2.75) is 11.3 Å². The van der Waals surface area contributed by atoms with E-state index >= 15 is 0 Å². The van der Waals surface area contributed by atoms with E-state index in [2.05, 4.69) is 20.6 Å². The molecule has 0 unspecified atom stereocenters. The van der Waals surface area contributed by atoms with Crippen LogP contribution in [0.3, 0.4) is 0 Å². The van der Waals surface area contributed by atoms with Crippen LogP contribution < -0.4 is 15.8 Å². The normalized spacial score (nSPS) is 15.7. The van der Waals surface area contributed by atoms with Gasteiger partial charge in [-0.25, -0.2) is 35.7 Å². The summed E-state index contributed by atoms with van der Waals surface area (Å²) in [5.41, 5.74) is 1.34. The Morgan fingerprint density at radius 1 is 1.19 bits per heavy atom. The maximum absolute atomic E-state index is 14.3. The number of nitrogens with two attached hydrogens (primary N) is 1. The van der Waals surface area contributed by atoms with E-state index < -0.39 is 25.9 Å². The van der Waals surface area contributed by atoms with Gasteiger partial charge in [0.1, 0.15) is 0 Å². The SMILES string of the molecule is CN(C)S(=O)(=O)c1cccc(Nc2nc(NC3=CC=CC(=CS(N)(=O)=O)C3)ncc2F)c1. The molecule has 13 heteroatoms. The summed E-state index contributed by atoms with van der Waals surface area (Å²) >= 11 is 0. The topological polar surface area (TPSA) is 147 Å². The van der Waals surface area contributed by atoms with Crippen LogP contribution in [0.25, 0.3) is 0 Å². The Bertz CT molecular complexity index is 1340. The maximum atomic E-state index is 14.3. The Hall–Kier alpha value is -3.13. The summed E-state index contributed by atoms with van der Waals surface area (Å²) in [6.07, 6.45) is 6.10. The summed E-state index contributed by atoms with van der Waals surface area (Å²) in [4.78, 5) is 8.02. The fourth-order valence-corrected chi connectivity index (χ4v) is 4.28. The van der Waals surface area contributed by atoms with Gasteiger partial charge in [0, 0.05) is 37.3 Å². The number of nitrogens with zero attached hydrogens (tertiary/aromatic N) is 3. The third-order valence-electron chi connectivity index (χ3n) is 4.21. The summed E-state index contributed by atoms with van der Waals surface area (Å²) < 4.78 is 62.5. The average Bonchev–Trinajstić information content (AvgIpc) is 2.69. The fourth-order valence-electron chi connectivity index (χ4n) is 2.74. The molecule has 2 aromatic rings. The lowest BCUT2D eigenvalue weighted by atomic mass is 10.1. The van der Waals surface area contributed by atoms with Crippen LogP contribution in [0.2, 0.25) is 0 Å². The minimum Gasteiger partial charge on any atom is -0.338 e. The van der Waals surface area contributed by atoms with Crippen LogP contribution in [0.1, 0.15) is 6.42 Å². The molecule has 0 spiro atoms. The van der Waals surface area contributed by atoms with Gasteiger partial charge in [0.2, 0.25) is 26.0 Å². The van der Waals surface area contributed by atoms with Crippen LogP contribution in [0.15, 0.2) is 70.3 Å². The van der Waals surface area contributed by atoms with Gasteiger partial charge in [0.05, 0.1) is 11.1 Å². The Balaban J connectivity index is 1.81. The van der Waals surface area contributed by atoms with Crippen LogP contribution in [-0.4, -0.2) is 45.2 Å². The molecule has 1 heterocycles. The third kappa shape index (κ3) is 5.97. The van der Waals surface area contributed by atoms with Gasteiger partial charge in [0.25, 0.3) is 0 Å². The molecule has 1 aromatic heterocycles. The lowest BCUT2D eigenvalue weighted by molar-refractivity contribution is 0.521. The predicted octanol–water partition coefficient (Wildman–Crippen LogP) is 2.04. The van der Waals surface area contributed by atoms with Gasteiger partial charge in [-0.15, -0.1) is 0 Å². The van der Waals surface area contributed by atoms with Crippen LogP contribution in [0.5, 0.6) is 0 Å². The lowest BCUT2D eigenvalue weighted by Crippen LogP contribution is -2.22. The van der Waals surface area contributed by atoms with Gasteiger partial charge in [-0.2, -0.15) is 4.98 Å². The Kier molecular flexibility index (Phi) is 6.74. The summed E-state index contributed by atoms with van der Waals surface area (Å²) in [7, 11) is -4.63. The second-order valence-corrected chi connectivity index (χ2v) is 10.5. The summed E-state index contributed by atoms with van der Waals surface area (Å²) in [6.45, 7) is 0. The van der Waals surface area contributed by atoms with Crippen LogP contribution in [0, 0.1) is 5.82 Å². The van der Waals surface area contributed by atoms with Crippen molar-refractivity contribution in [2.75, 3.05) is 24.7 Å². The number of hydrogen-bond donors (Lipinski definition) is 3. The number of sulfonamides is 2. The zero-order valence-corrected chi connectivity index (χ0v) is 18.8. The molecule has 0 aliphatic heterocycles. The van der Waals surface area contributed by atoms with E-state index in [1.54, 1.807) is 24.3 Å². The Morgan fingerprint density at radius 2 is 1.94 bits per heavy atom. The van der Waals surface area contributed by atoms with E-state index in [4.69, 9.17) is 5.14 Å². The molecule has 0 saturated carbocycles. The van der Waals surface area contributed by atoms with Crippen molar-refractivity contribution in [1.82, 2.24) is 14.3 Å². The second kappa shape index (κ2) is 9.16. The molecule has 1 aliphatic carbocycles. The van der Waals surface area contributed by atoms with Crippen LogP contribution in [0.4, 0.5) is 21.8 Å². The van der Waals surface area contributed by atoms with Crippen molar-refractivity contribution in [3.05, 3.63) is 71.2 Å². The average molecular weight is 481 g/mol. The standard InChI is InChI=1S/C19H21FN6O4S2/c1-26(2)32(29,30)16-8-4-7-15(10-16)23-18-17(20)11-22-19(25-18)24-14-6-3-5-13(9-14)12-31(21,27)28/h3-8,10-12H,9H2,1-2H3,(H2,21,27,28)(H2,22,23,24,25). The predicted molar refractivity (Wildman–Crippen MR) is 119 cm³/mol. The second-order valence-electron chi connectivity index (χ2n) is 6.97. The zero-order chi connectivity index (χ0) is 23.5. The molecule has 170 valence electrons. The number of nitrogens with one attached hydrogen (secondary N) is 2. The summed E-state index contributed by atoms with van der Waals surface area (Å²) in [6, 6.07) is 5.89. The fraction of sp³-hybridized carbons (Fsp3) is 0.158. The number of halogens is 1. The van der Waals surface area contributed by atoms with Gasteiger partial charge in [0.15, 0.2) is 11.6 Å². The highest BCUT2D eigenvalue weighted by atomic mass is 32.2. The molecular formula is C19H21FN6O4S2. The minimum absolute atomic E-state index is 0.0358. The number of anilines is 3. The molecule has 0 bridgehead atoms. The largest absolute Gasteiger partial charge is 0.338 e. The molecule has 4 N–H and O–H groups in total. The van der Waals surface area contributed by atoms with E-state index in [0.717, 1.165) is 15.9 Å². The zero-order valence-electron chi connectivity index (χ0n) is 17.1. The highest BCUT2D eigenvalue weighted by Gasteiger charge is 2.18. The van der Waals surface area contributed by atoms with Crippen molar-refractivity contribution in [3.63, 3.8) is 0 Å². The van der Waals surface area contributed by atoms with Crippen molar-refractivity contribution >= 4 is 37.5 Å². The quantitative estimate of drug-likeness (QED) is 0.545. The third-order valence-corrected chi connectivity index (χ3v) is 6.65. The van der Waals surface area contributed by atoms with Crippen molar-refractivity contribution < 1.29 is 21.2 Å². The Morgan fingerprint density at radius 3 is 2.62 bits per heavy atom. The number of aromatic nitrogens is 2. The number of hydrogen-bond acceptors (Lipinski definition) is 8. The first kappa shape index (κ1) is 23.5. The molecule has 32 heavy (non-hydrogen) atoms. The molecule has 0 fully saturated rings. The smallest absolute Gasteiger partial charge is 0.242 e. The molecular weight excluding hydrogens is 459 g/mol. The highest BCUT2D eigenvalue weighted by Crippen LogP contribution is 2.24. The van der Waals surface area contributed by atoms with Crippen molar-refractivity contribution in [3.8, 4) is 0 Å².